The fourth-order valence-corrected chi connectivity index (χ4v) is 3.37. The van der Waals surface area contributed by atoms with Crippen molar-refractivity contribution in [3.8, 4) is 5.75 Å². The molecular weight excluding hydrogens is 352 g/mol. The molecule has 1 aliphatic rings. The summed E-state index contributed by atoms with van der Waals surface area (Å²) in [5, 5.41) is 13.7. The summed E-state index contributed by atoms with van der Waals surface area (Å²) in [6.45, 7) is 5.99. The summed E-state index contributed by atoms with van der Waals surface area (Å²) in [7, 11) is 0. The summed E-state index contributed by atoms with van der Waals surface area (Å²) >= 11 is 0. The van der Waals surface area contributed by atoms with E-state index in [1.165, 1.54) is 11.1 Å². The number of benzene rings is 2. The molecule has 1 fully saturated rings. The molecule has 5 heteroatoms. The largest absolute Gasteiger partial charge is 0.491 e. The van der Waals surface area contributed by atoms with Crippen LogP contribution in [0.25, 0.3) is 0 Å². The maximum atomic E-state index is 10.2. The van der Waals surface area contributed by atoms with Crippen LogP contribution in [0.1, 0.15) is 17.5 Å². The van der Waals surface area contributed by atoms with E-state index in [1.54, 1.807) is 0 Å². The van der Waals surface area contributed by atoms with Crippen molar-refractivity contribution in [2.24, 2.45) is 0 Å². The number of morpholine rings is 1. The van der Waals surface area contributed by atoms with Gasteiger partial charge in [-0.25, -0.2) is 0 Å². The Morgan fingerprint density at radius 2 is 1.82 bits per heavy atom. The molecule has 0 aromatic heterocycles. The number of aliphatic hydroxyl groups is 1. The molecule has 28 heavy (non-hydrogen) atoms. The Bertz CT molecular complexity index is 675. The second kappa shape index (κ2) is 11.8. The lowest BCUT2D eigenvalue weighted by Gasteiger charge is -2.28. The summed E-state index contributed by atoms with van der Waals surface area (Å²) in [6, 6.07) is 18.7. The van der Waals surface area contributed by atoms with Crippen LogP contribution in [0.5, 0.6) is 5.75 Å². The van der Waals surface area contributed by atoms with E-state index in [4.69, 9.17) is 9.47 Å². The van der Waals surface area contributed by atoms with Gasteiger partial charge in [-0.15, -0.1) is 0 Å². The summed E-state index contributed by atoms with van der Waals surface area (Å²) in [6.07, 6.45) is 1.73. The summed E-state index contributed by atoms with van der Waals surface area (Å²) in [4.78, 5) is 2.22. The van der Waals surface area contributed by atoms with Gasteiger partial charge in [0, 0.05) is 26.2 Å². The molecule has 2 aromatic rings. The van der Waals surface area contributed by atoms with Gasteiger partial charge in [0.1, 0.15) is 18.5 Å². The van der Waals surface area contributed by atoms with Crippen molar-refractivity contribution in [1.29, 1.82) is 0 Å². The molecule has 0 saturated carbocycles. The van der Waals surface area contributed by atoms with E-state index in [9.17, 15) is 5.11 Å². The number of nitrogens with zero attached hydrogens (tertiary/aromatic N) is 1. The highest BCUT2D eigenvalue weighted by atomic mass is 16.5. The molecule has 0 aliphatic carbocycles. The molecule has 0 radical (unpaired) electrons. The van der Waals surface area contributed by atoms with Crippen LogP contribution in [0.15, 0.2) is 54.6 Å². The van der Waals surface area contributed by atoms with Crippen LogP contribution in [-0.4, -0.2) is 62.1 Å². The average Bonchev–Trinajstić information content (AvgIpc) is 2.74. The van der Waals surface area contributed by atoms with E-state index < -0.39 is 6.10 Å². The zero-order valence-corrected chi connectivity index (χ0v) is 16.6. The maximum absolute atomic E-state index is 10.2. The van der Waals surface area contributed by atoms with Gasteiger partial charge < -0.3 is 19.9 Å². The quantitative estimate of drug-likeness (QED) is 0.583. The van der Waals surface area contributed by atoms with Gasteiger partial charge in [0.05, 0.1) is 13.2 Å². The van der Waals surface area contributed by atoms with Gasteiger partial charge in [-0.3, -0.25) is 4.90 Å². The zero-order valence-electron chi connectivity index (χ0n) is 16.6. The second-order valence-corrected chi connectivity index (χ2v) is 7.29. The van der Waals surface area contributed by atoms with Crippen molar-refractivity contribution in [3.63, 3.8) is 0 Å². The van der Waals surface area contributed by atoms with Gasteiger partial charge in [0.15, 0.2) is 0 Å². The first kappa shape index (κ1) is 20.8. The Labute approximate surface area is 168 Å². The first-order valence-electron chi connectivity index (χ1n) is 10.2. The molecule has 1 heterocycles. The molecule has 0 unspecified atom stereocenters. The number of nitrogens with one attached hydrogen (secondary N) is 1. The highest BCUT2D eigenvalue weighted by Crippen LogP contribution is 2.14. The Morgan fingerprint density at radius 1 is 1.04 bits per heavy atom. The molecule has 0 spiro atoms. The van der Waals surface area contributed by atoms with E-state index in [-0.39, 0.29) is 0 Å². The van der Waals surface area contributed by atoms with Crippen LogP contribution in [0.2, 0.25) is 0 Å². The number of aryl methyl sites for hydroxylation is 1. The number of aliphatic hydroxyl groups excluding tert-OH is 1. The highest BCUT2D eigenvalue weighted by molar-refractivity contribution is 5.28. The lowest BCUT2D eigenvalue weighted by molar-refractivity contribution is 0.00465. The number of ether oxygens (including phenoxy) is 2. The first-order valence-corrected chi connectivity index (χ1v) is 10.2. The highest BCUT2D eigenvalue weighted by Gasteiger charge is 2.15. The van der Waals surface area contributed by atoms with Crippen LogP contribution in [0, 0.1) is 0 Å². The maximum Gasteiger partial charge on any atom is 0.119 e. The number of hydrogen-bond acceptors (Lipinski definition) is 5. The van der Waals surface area contributed by atoms with Gasteiger partial charge in [0.25, 0.3) is 0 Å². The molecule has 1 atom stereocenters. The minimum atomic E-state index is -0.488. The average molecular weight is 385 g/mol. The van der Waals surface area contributed by atoms with Gasteiger partial charge in [-0.05, 0) is 42.6 Å². The minimum absolute atomic E-state index is 0.311. The number of rotatable bonds is 11. The molecule has 2 N–H and O–H groups in total. The molecule has 152 valence electrons. The monoisotopic (exact) mass is 384 g/mol. The Kier molecular flexibility index (Phi) is 8.78. The minimum Gasteiger partial charge on any atom is -0.491 e. The van der Waals surface area contributed by atoms with Crippen LogP contribution in [0.4, 0.5) is 0 Å². The van der Waals surface area contributed by atoms with E-state index in [1.807, 2.05) is 18.2 Å². The first-order chi connectivity index (χ1) is 13.8. The number of β-amino-alcohol motifs (C(OH)–C–C–N with tert-alkyl or cyclic N) is 1. The van der Waals surface area contributed by atoms with Crippen LogP contribution in [0.3, 0.4) is 0 Å². The third-order valence-corrected chi connectivity index (χ3v) is 4.90. The van der Waals surface area contributed by atoms with E-state index in [2.05, 4.69) is 46.6 Å². The van der Waals surface area contributed by atoms with Crippen molar-refractivity contribution >= 4 is 0 Å². The Hall–Kier alpha value is -1.92. The predicted octanol–water partition coefficient (Wildman–Crippen LogP) is 2.48. The van der Waals surface area contributed by atoms with Crippen molar-refractivity contribution in [1.82, 2.24) is 10.2 Å². The van der Waals surface area contributed by atoms with E-state index in [0.29, 0.717) is 13.2 Å². The summed E-state index contributed by atoms with van der Waals surface area (Å²) < 4.78 is 11.1. The molecule has 3 rings (SSSR count). The standard InChI is InChI=1S/C23H32N2O3/c26-22(18-25-12-14-27-15-13-25)19-28-23-10-4-8-21(16-23)17-24-11-5-9-20-6-2-1-3-7-20/h1-4,6-8,10,16,22,24,26H,5,9,11-15,17-19H2/t22-/m1/s1. The van der Waals surface area contributed by atoms with Crippen LogP contribution in [-0.2, 0) is 17.7 Å². The SMILES string of the molecule is O[C@@H](COc1cccc(CNCCCc2ccccc2)c1)CN1CCOCC1. The second-order valence-electron chi connectivity index (χ2n) is 7.29. The molecule has 5 nitrogen and oxygen atoms in total. The molecule has 1 aliphatic heterocycles. The van der Waals surface area contributed by atoms with Gasteiger partial charge in [-0.1, -0.05) is 42.5 Å². The zero-order chi connectivity index (χ0) is 19.4. The topological polar surface area (TPSA) is 54.0 Å². The Morgan fingerprint density at radius 3 is 2.64 bits per heavy atom. The third kappa shape index (κ3) is 7.60. The third-order valence-electron chi connectivity index (χ3n) is 4.90. The molecular formula is C23H32N2O3. The van der Waals surface area contributed by atoms with Gasteiger partial charge >= 0.3 is 0 Å². The number of hydrogen-bond donors (Lipinski definition) is 2. The van der Waals surface area contributed by atoms with E-state index >= 15 is 0 Å². The fourth-order valence-electron chi connectivity index (χ4n) is 3.37. The smallest absolute Gasteiger partial charge is 0.119 e. The summed E-state index contributed by atoms with van der Waals surface area (Å²) in [5.74, 6) is 0.810. The van der Waals surface area contributed by atoms with Gasteiger partial charge in [-0.2, -0.15) is 0 Å². The fraction of sp³-hybridized carbons (Fsp3) is 0.478. The Balaban J connectivity index is 1.32. The van der Waals surface area contributed by atoms with E-state index in [0.717, 1.165) is 58.0 Å². The van der Waals surface area contributed by atoms with Crippen molar-refractivity contribution in [3.05, 3.63) is 65.7 Å². The molecule has 2 aromatic carbocycles. The summed E-state index contributed by atoms with van der Waals surface area (Å²) in [5.41, 5.74) is 2.58. The predicted molar refractivity (Wildman–Crippen MR) is 112 cm³/mol. The lowest BCUT2D eigenvalue weighted by Crippen LogP contribution is -2.42. The molecule has 1 saturated heterocycles. The van der Waals surface area contributed by atoms with Crippen LogP contribution < -0.4 is 10.1 Å². The molecule has 0 amide bonds. The van der Waals surface area contributed by atoms with Crippen molar-refractivity contribution in [2.75, 3.05) is 46.0 Å². The van der Waals surface area contributed by atoms with Gasteiger partial charge in [0.2, 0.25) is 0 Å². The lowest BCUT2D eigenvalue weighted by atomic mass is 10.1. The van der Waals surface area contributed by atoms with Crippen molar-refractivity contribution < 1.29 is 14.6 Å². The van der Waals surface area contributed by atoms with Crippen molar-refractivity contribution in [2.45, 2.75) is 25.5 Å². The molecule has 0 bridgehead atoms. The van der Waals surface area contributed by atoms with Crippen LogP contribution >= 0.6 is 0 Å². The normalized spacial score (nSPS) is 16.0.